The molecule has 0 saturated heterocycles. The third kappa shape index (κ3) is 5.89. The minimum Gasteiger partial charge on any atom is -0.493 e. The van der Waals surface area contributed by atoms with E-state index in [0.29, 0.717) is 35.2 Å². The highest BCUT2D eigenvalue weighted by Gasteiger charge is 2.15. The Hall–Kier alpha value is -2.73. The molecule has 0 fully saturated rings. The topological polar surface area (TPSA) is 67.9 Å². The Balaban J connectivity index is 1.91. The molecule has 2 aromatic rings. The number of hydrogen-bond acceptors (Lipinski definition) is 4. The normalized spacial score (nSPS) is 10.2. The molecule has 6 nitrogen and oxygen atoms in total. The summed E-state index contributed by atoms with van der Waals surface area (Å²) in [6.45, 7) is 1.81. The van der Waals surface area contributed by atoms with Crippen LogP contribution in [-0.4, -0.2) is 39.1 Å². The van der Waals surface area contributed by atoms with E-state index in [-0.39, 0.29) is 18.4 Å². The largest absolute Gasteiger partial charge is 0.493 e. The molecule has 0 unspecified atom stereocenters. The monoisotopic (exact) mass is 390 g/mol. The van der Waals surface area contributed by atoms with Gasteiger partial charge in [0.15, 0.2) is 11.5 Å². The van der Waals surface area contributed by atoms with Gasteiger partial charge >= 0.3 is 0 Å². The Morgan fingerprint density at radius 1 is 1.04 bits per heavy atom. The summed E-state index contributed by atoms with van der Waals surface area (Å²) in [6, 6.07) is 12.4. The Bertz CT molecular complexity index is 793. The van der Waals surface area contributed by atoms with Gasteiger partial charge in [-0.15, -0.1) is 0 Å². The van der Waals surface area contributed by atoms with Crippen molar-refractivity contribution in [1.82, 2.24) is 5.32 Å². The number of carbonyl (C=O) groups excluding carboxylic acids is 2. The number of ether oxygens (including phenoxy) is 2. The SMILES string of the molecule is COc1ccc(CCNC(=O)CN(C(C)=O)c2ccc(Cl)cc2)cc1OC. The zero-order valence-corrected chi connectivity index (χ0v) is 16.4. The van der Waals surface area contributed by atoms with Crippen LogP contribution in [-0.2, 0) is 16.0 Å². The molecule has 0 radical (unpaired) electrons. The Kier molecular flexibility index (Phi) is 7.49. The molecular formula is C20H23ClN2O4. The van der Waals surface area contributed by atoms with Crippen LogP contribution >= 0.6 is 11.6 Å². The lowest BCUT2D eigenvalue weighted by Crippen LogP contribution is -2.40. The minimum absolute atomic E-state index is 0.0527. The number of benzene rings is 2. The summed E-state index contributed by atoms with van der Waals surface area (Å²) in [7, 11) is 3.16. The predicted octanol–water partition coefficient (Wildman–Crippen LogP) is 3.07. The highest BCUT2D eigenvalue weighted by Crippen LogP contribution is 2.27. The molecule has 0 aliphatic carbocycles. The van der Waals surface area contributed by atoms with E-state index in [1.807, 2.05) is 18.2 Å². The number of rotatable bonds is 8. The summed E-state index contributed by atoms with van der Waals surface area (Å²) in [5.41, 5.74) is 1.64. The van der Waals surface area contributed by atoms with Crippen molar-refractivity contribution in [3.63, 3.8) is 0 Å². The van der Waals surface area contributed by atoms with Crippen LogP contribution in [0.5, 0.6) is 11.5 Å². The van der Waals surface area contributed by atoms with Gasteiger partial charge in [-0.05, 0) is 48.4 Å². The van der Waals surface area contributed by atoms with Crippen LogP contribution in [0, 0.1) is 0 Å². The summed E-state index contributed by atoms with van der Waals surface area (Å²) in [6.07, 6.45) is 0.632. The molecule has 7 heteroatoms. The molecule has 0 aliphatic heterocycles. The first-order valence-electron chi connectivity index (χ1n) is 8.46. The van der Waals surface area contributed by atoms with Crippen molar-refractivity contribution >= 4 is 29.1 Å². The highest BCUT2D eigenvalue weighted by atomic mass is 35.5. The lowest BCUT2D eigenvalue weighted by molar-refractivity contribution is -0.123. The van der Waals surface area contributed by atoms with Crippen LogP contribution in [0.4, 0.5) is 5.69 Å². The van der Waals surface area contributed by atoms with Gasteiger partial charge in [0.2, 0.25) is 11.8 Å². The van der Waals surface area contributed by atoms with Gasteiger partial charge in [0.1, 0.15) is 6.54 Å². The van der Waals surface area contributed by atoms with E-state index >= 15 is 0 Å². The van der Waals surface area contributed by atoms with Crippen molar-refractivity contribution in [2.45, 2.75) is 13.3 Å². The second-order valence-corrected chi connectivity index (χ2v) is 6.31. The predicted molar refractivity (Wildman–Crippen MR) is 106 cm³/mol. The van der Waals surface area contributed by atoms with Gasteiger partial charge in [-0.2, -0.15) is 0 Å². The number of nitrogens with one attached hydrogen (secondary N) is 1. The van der Waals surface area contributed by atoms with Gasteiger partial charge in [-0.25, -0.2) is 0 Å². The van der Waals surface area contributed by atoms with E-state index in [1.54, 1.807) is 38.5 Å². The highest BCUT2D eigenvalue weighted by molar-refractivity contribution is 6.30. The second kappa shape index (κ2) is 9.83. The molecule has 1 N–H and O–H groups in total. The molecule has 2 aromatic carbocycles. The number of nitrogens with zero attached hydrogens (tertiary/aromatic N) is 1. The Morgan fingerprint density at radius 2 is 1.70 bits per heavy atom. The van der Waals surface area contributed by atoms with Crippen molar-refractivity contribution in [3.8, 4) is 11.5 Å². The van der Waals surface area contributed by atoms with Crippen molar-refractivity contribution in [1.29, 1.82) is 0 Å². The number of anilines is 1. The summed E-state index contributed by atoms with van der Waals surface area (Å²) in [5.74, 6) is 0.852. The zero-order chi connectivity index (χ0) is 19.8. The van der Waals surface area contributed by atoms with E-state index in [4.69, 9.17) is 21.1 Å². The Morgan fingerprint density at radius 3 is 2.30 bits per heavy atom. The fourth-order valence-electron chi connectivity index (χ4n) is 2.59. The quantitative estimate of drug-likeness (QED) is 0.752. The molecule has 0 heterocycles. The zero-order valence-electron chi connectivity index (χ0n) is 15.6. The fraction of sp³-hybridized carbons (Fsp3) is 0.300. The summed E-state index contributed by atoms with van der Waals surface area (Å²) in [4.78, 5) is 25.5. The van der Waals surface area contributed by atoms with Crippen molar-refractivity contribution in [2.75, 3.05) is 32.2 Å². The van der Waals surface area contributed by atoms with Crippen LogP contribution in [0.2, 0.25) is 5.02 Å². The van der Waals surface area contributed by atoms with Crippen LogP contribution < -0.4 is 19.7 Å². The first-order chi connectivity index (χ1) is 12.9. The standard InChI is InChI=1S/C20H23ClN2O4/c1-14(24)23(17-7-5-16(21)6-8-17)13-20(25)22-11-10-15-4-9-18(26-2)19(12-15)27-3/h4-9,12H,10-11,13H2,1-3H3,(H,22,25). The second-order valence-electron chi connectivity index (χ2n) is 5.87. The smallest absolute Gasteiger partial charge is 0.240 e. The van der Waals surface area contributed by atoms with E-state index in [9.17, 15) is 9.59 Å². The maximum Gasteiger partial charge on any atom is 0.240 e. The maximum atomic E-state index is 12.2. The average Bonchev–Trinajstić information content (AvgIpc) is 2.66. The molecular weight excluding hydrogens is 368 g/mol. The Labute approximate surface area is 164 Å². The van der Waals surface area contributed by atoms with Gasteiger partial charge in [-0.1, -0.05) is 17.7 Å². The average molecular weight is 391 g/mol. The van der Waals surface area contributed by atoms with Crippen LogP contribution in [0.1, 0.15) is 12.5 Å². The van der Waals surface area contributed by atoms with Crippen molar-refractivity contribution < 1.29 is 19.1 Å². The summed E-state index contributed by atoms with van der Waals surface area (Å²) in [5, 5.41) is 3.40. The molecule has 0 aliphatic rings. The van der Waals surface area contributed by atoms with Gasteiger partial charge in [0, 0.05) is 24.2 Å². The lowest BCUT2D eigenvalue weighted by atomic mass is 10.1. The maximum absolute atomic E-state index is 12.2. The molecule has 27 heavy (non-hydrogen) atoms. The van der Waals surface area contributed by atoms with E-state index in [2.05, 4.69) is 5.32 Å². The van der Waals surface area contributed by atoms with Gasteiger partial charge < -0.3 is 19.7 Å². The molecule has 0 saturated carbocycles. The number of methoxy groups -OCH3 is 2. The number of hydrogen-bond donors (Lipinski definition) is 1. The number of carbonyl (C=O) groups is 2. The molecule has 0 aromatic heterocycles. The van der Waals surface area contributed by atoms with Gasteiger partial charge in [0.25, 0.3) is 0 Å². The van der Waals surface area contributed by atoms with Gasteiger partial charge in [0.05, 0.1) is 14.2 Å². The van der Waals surface area contributed by atoms with Crippen LogP contribution in [0.15, 0.2) is 42.5 Å². The van der Waals surface area contributed by atoms with Crippen LogP contribution in [0.25, 0.3) is 0 Å². The molecule has 0 bridgehead atoms. The van der Waals surface area contributed by atoms with E-state index in [1.165, 1.54) is 11.8 Å². The van der Waals surface area contributed by atoms with E-state index in [0.717, 1.165) is 5.56 Å². The number of amides is 2. The third-order valence-electron chi connectivity index (χ3n) is 4.00. The van der Waals surface area contributed by atoms with Crippen molar-refractivity contribution in [3.05, 3.63) is 53.1 Å². The third-order valence-corrected chi connectivity index (χ3v) is 4.26. The summed E-state index contributed by atoms with van der Waals surface area (Å²) < 4.78 is 10.5. The molecule has 0 atom stereocenters. The molecule has 2 rings (SSSR count). The molecule has 2 amide bonds. The molecule has 0 spiro atoms. The van der Waals surface area contributed by atoms with Gasteiger partial charge in [-0.3, -0.25) is 9.59 Å². The summed E-state index contributed by atoms with van der Waals surface area (Å²) >= 11 is 5.87. The lowest BCUT2D eigenvalue weighted by Gasteiger charge is -2.20. The first-order valence-corrected chi connectivity index (χ1v) is 8.83. The van der Waals surface area contributed by atoms with Crippen LogP contribution in [0.3, 0.4) is 0 Å². The fourth-order valence-corrected chi connectivity index (χ4v) is 2.71. The number of halogens is 1. The first kappa shape index (κ1) is 20.6. The van der Waals surface area contributed by atoms with E-state index < -0.39 is 0 Å². The van der Waals surface area contributed by atoms with Crippen molar-refractivity contribution in [2.24, 2.45) is 0 Å². The minimum atomic E-state index is -0.236. The molecule has 144 valence electrons.